The summed E-state index contributed by atoms with van der Waals surface area (Å²) in [6, 6.07) is 4.29. The maximum absolute atomic E-state index is 12.7. The van der Waals surface area contributed by atoms with E-state index in [1.807, 2.05) is 24.1 Å². The van der Waals surface area contributed by atoms with Crippen LogP contribution in [0.3, 0.4) is 0 Å². The van der Waals surface area contributed by atoms with Crippen molar-refractivity contribution in [2.24, 2.45) is 5.92 Å². The molecule has 2 amide bonds. The van der Waals surface area contributed by atoms with Gasteiger partial charge in [0, 0.05) is 51.0 Å². The molecular weight excluding hydrogens is 328 g/mol. The summed E-state index contributed by atoms with van der Waals surface area (Å²) in [6.45, 7) is 5.69. The number of likely N-dealkylation sites (N-methyl/N-ethyl adjacent to an activating group) is 1. The summed E-state index contributed by atoms with van der Waals surface area (Å²) >= 11 is 0. The predicted molar refractivity (Wildman–Crippen MR) is 100 cm³/mol. The maximum Gasteiger partial charge on any atom is 0.236 e. The molecule has 6 nitrogen and oxygen atoms in total. The number of pyridine rings is 1. The Hall–Kier alpha value is -1.95. The average molecular weight is 358 g/mol. The minimum Gasteiger partial charge on any atom is -0.341 e. The summed E-state index contributed by atoms with van der Waals surface area (Å²) in [5, 5.41) is 0. The van der Waals surface area contributed by atoms with Crippen molar-refractivity contribution in [1.82, 2.24) is 19.7 Å². The highest BCUT2D eigenvalue weighted by Crippen LogP contribution is 2.31. The molecular formula is C20H30N4O2. The normalized spacial score (nSPS) is 23.3. The first-order valence-corrected chi connectivity index (χ1v) is 9.73. The molecule has 2 aliphatic rings. The smallest absolute Gasteiger partial charge is 0.236 e. The molecule has 142 valence electrons. The summed E-state index contributed by atoms with van der Waals surface area (Å²) in [5.74, 6) is 0.923. The number of fused-ring (bicyclic) bond motifs is 1. The van der Waals surface area contributed by atoms with E-state index in [1.165, 1.54) is 0 Å². The lowest BCUT2D eigenvalue weighted by atomic mass is 9.83. The number of aromatic nitrogens is 1. The molecule has 1 aromatic heterocycles. The number of amides is 2. The van der Waals surface area contributed by atoms with Crippen LogP contribution >= 0.6 is 0 Å². The highest BCUT2D eigenvalue weighted by Gasteiger charge is 2.39. The third-order valence-corrected chi connectivity index (χ3v) is 5.57. The van der Waals surface area contributed by atoms with Gasteiger partial charge < -0.3 is 9.80 Å². The van der Waals surface area contributed by atoms with Crippen molar-refractivity contribution in [2.75, 3.05) is 33.2 Å². The molecule has 1 aromatic rings. The topological polar surface area (TPSA) is 56.8 Å². The maximum atomic E-state index is 12.7. The van der Waals surface area contributed by atoms with Crippen molar-refractivity contribution in [2.45, 2.75) is 45.2 Å². The number of hydrogen-bond acceptors (Lipinski definition) is 4. The summed E-state index contributed by atoms with van der Waals surface area (Å²) in [6.07, 6.45) is 7.02. The fourth-order valence-corrected chi connectivity index (χ4v) is 4.30. The van der Waals surface area contributed by atoms with Gasteiger partial charge in [-0.25, -0.2) is 0 Å². The van der Waals surface area contributed by atoms with Crippen LogP contribution in [0.2, 0.25) is 0 Å². The molecule has 0 aliphatic carbocycles. The van der Waals surface area contributed by atoms with E-state index in [0.29, 0.717) is 30.8 Å². The number of likely N-dealkylation sites (tertiary alicyclic amines) is 2. The first-order valence-electron chi connectivity index (χ1n) is 9.73. The largest absolute Gasteiger partial charge is 0.341 e. The highest BCUT2D eigenvalue weighted by atomic mass is 16.2. The quantitative estimate of drug-likeness (QED) is 0.778. The minimum absolute atomic E-state index is 0.193. The van der Waals surface area contributed by atoms with Crippen LogP contribution in [0, 0.1) is 5.92 Å². The summed E-state index contributed by atoms with van der Waals surface area (Å²) in [7, 11) is 1.98. The number of rotatable bonds is 6. The van der Waals surface area contributed by atoms with Crippen LogP contribution in [0.1, 0.15) is 38.2 Å². The Balaban J connectivity index is 1.53. The first kappa shape index (κ1) is 18.8. The second-order valence-electron chi connectivity index (χ2n) is 7.61. The van der Waals surface area contributed by atoms with Crippen molar-refractivity contribution < 1.29 is 9.59 Å². The lowest BCUT2D eigenvalue weighted by Gasteiger charge is -2.47. The molecule has 2 saturated heterocycles. The lowest BCUT2D eigenvalue weighted by molar-refractivity contribution is -0.144. The van der Waals surface area contributed by atoms with Crippen LogP contribution < -0.4 is 0 Å². The van der Waals surface area contributed by atoms with Crippen LogP contribution in [0.4, 0.5) is 0 Å². The number of hydrogen-bond donors (Lipinski definition) is 0. The van der Waals surface area contributed by atoms with Crippen molar-refractivity contribution in [3.8, 4) is 0 Å². The minimum atomic E-state index is 0.193. The SMILES string of the molecule is CCCN1C(=O)CC[C@H]2CN(C(=O)CN(C)Cc3ccncc3)CC[C@H]21. The van der Waals surface area contributed by atoms with Gasteiger partial charge >= 0.3 is 0 Å². The summed E-state index contributed by atoms with van der Waals surface area (Å²) in [4.78, 5) is 35.1. The monoisotopic (exact) mass is 358 g/mol. The Morgan fingerprint density at radius 3 is 2.81 bits per heavy atom. The van der Waals surface area contributed by atoms with Gasteiger partial charge in [0.25, 0.3) is 0 Å². The van der Waals surface area contributed by atoms with Gasteiger partial charge in [-0.2, -0.15) is 0 Å². The zero-order valence-electron chi connectivity index (χ0n) is 15.9. The molecule has 0 radical (unpaired) electrons. The van der Waals surface area contributed by atoms with Gasteiger partial charge in [0.05, 0.1) is 6.54 Å². The van der Waals surface area contributed by atoms with Crippen molar-refractivity contribution >= 4 is 11.8 Å². The fraction of sp³-hybridized carbons (Fsp3) is 0.650. The number of piperidine rings is 2. The van der Waals surface area contributed by atoms with E-state index in [4.69, 9.17) is 0 Å². The van der Waals surface area contributed by atoms with E-state index in [9.17, 15) is 9.59 Å². The zero-order chi connectivity index (χ0) is 18.5. The molecule has 2 aliphatic heterocycles. The number of nitrogens with zero attached hydrogens (tertiary/aromatic N) is 4. The van der Waals surface area contributed by atoms with E-state index in [2.05, 4.69) is 21.7 Å². The van der Waals surface area contributed by atoms with Gasteiger partial charge in [-0.1, -0.05) is 6.92 Å². The Labute approximate surface area is 156 Å². The van der Waals surface area contributed by atoms with Gasteiger partial charge in [-0.05, 0) is 49.9 Å². The van der Waals surface area contributed by atoms with Gasteiger partial charge in [0.1, 0.15) is 0 Å². The van der Waals surface area contributed by atoms with Gasteiger partial charge in [-0.15, -0.1) is 0 Å². The molecule has 0 unspecified atom stereocenters. The van der Waals surface area contributed by atoms with Crippen molar-refractivity contribution in [3.05, 3.63) is 30.1 Å². The standard InChI is InChI=1S/C20H30N4O2/c1-3-11-24-18-8-12-23(14-17(18)4-5-19(24)25)20(26)15-22(2)13-16-6-9-21-10-7-16/h6-7,9-10,17-18H,3-5,8,11-15H2,1-2H3/t17-,18+/m0/s1. The molecule has 26 heavy (non-hydrogen) atoms. The van der Waals surface area contributed by atoms with Crippen molar-refractivity contribution in [3.63, 3.8) is 0 Å². The number of carbonyl (C=O) groups is 2. The molecule has 3 rings (SSSR count). The molecule has 2 atom stereocenters. The van der Waals surface area contributed by atoms with Crippen molar-refractivity contribution in [1.29, 1.82) is 0 Å². The van der Waals surface area contributed by atoms with E-state index in [-0.39, 0.29) is 5.91 Å². The van der Waals surface area contributed by atoms with E-state index in [1.54, 1.807) is 12.4 Å². The average Bonchev–Trinajstić information content (AvgIpc) is 2.64. The fourth-order valence-electron chi connectivity index (χ4n) is 4.30. The molecule has 0 bridgehead atoms. The van der Waals surface area contributed by atoms with Crippen LogP contribution in [0.25, 0.3) is 0 Å². The third kappa shape index (κ3) is 4.41. The second kappa shape index (κ2) is 8.62. The molecule has 3 heterocycles. The van der Waals surface area contributed by atoms with Crippen LogP contribution in [-0.2, 0) is 16.1 Å². The van der Waals surface area contributed by atoms with Gasteiger partial charge in [0.2, 0.25) is 11.8 Å². The molecule has 0 spiro atoms. The Morgan fingerprint density at radius 2 is 2.08 bits per heavy atom. The number of carbonyl (C=O) groups excluding carboxylic acids is 2. The zero-order valence-corrected chi connectivity index (χ0v) is 15.9. The first-order chi connectivity index (χ1) is 12.6. The highest BCUT2D eigenvalue weighted by molar-refractivity contribution is 5.79. The molecule has 0 N–H and O–H groups in total. The summed E-state index contributed by atoms with van der Waals surface area (Å²) in [5.41, 5.74) is 1.16. The molecule has 0 saturated carbocycles. The third-order valence-electron chi connectivity index (χ3n) is 5.57. The van der Waals surface area contributed by atoms with Crippen LogP contribution in [0.5, 0.6) is 0 Å². The van der Waals surface area contributed by atoms with E-state index < -0.39 is 0 Å². The molecule has 2 fully saturated rings. The van der Waals surface area contributed by atoms with E-state index in [0.717, 1.165) is 51.0 Å². The molecule has 0 aromatic carbocycles. The van der Waals surface area contributed by atoms with Crippen LogP contribution in [-0.4, -0.2) is 70.8 Å². The molecule has 6 heteroatoms. The summed E-state index contributed by atoms with van der Waals surface area (Å²) < 4.78 is 0. The van der Waals surface area contributed by atoms with Crippen LogP contribution in [0.15, 0.2) is 24.5 Å². The Kier molecular flexibility index (Phi) is 6.25. The van der Waals surface area contributed by atoms with E-state index >= 15 is 0 Å². The van der Waals surface area contributed by atoms with Gasteiger partial charge in [0.15, 0.2) is 0 Å². The predicted octanol–water partition coefficient (Wildman–Crippen LogP) is 1.76. The lowest BCUT2D eigenvalue weighted by Crippen LogP contribution is -2.57. The van der Waals surface area contributed by atoms with Gasteiger partial charge in [-0.3, -0.25) is 19.5 Å². The second-order valence-corrected chi connectivity index (χ2v) is 7.61. The Morgan fingerprint density at radius 1 is 1.31 bits per heavy atom. The Bertz CT molecular complexity index is 621.